The molecule has 2 aliphatic rings. The Labute approximate surface area is 87.9 Å². The summed E-state index contributed by atoms with van der Waals surface area (Å²) in [5.74, 6) is -0.675. The summed E-state index contributed by atoms with van der Waals surface area (Å²) in [7, 11) is 0. The standard InChI is InChI=1S/C9H17NO5/c1-9(2)13-3-4(15-9)7-5(11)6(12)8(10)14-7/h4-8,11-12H,3,10H2,1-2H3. The second-order valence-electron chi connectivity index (χ2n) is 4.41. The van der Waals surface area contributed by atoms with Crippen LogP contribution in [0, 0.1) is 0 Å². The molecule has 0 aromatic rings. The Bertz CT molecular complexity index is 247. The van der Waals surface area contributed by atoms with E-state index in [1.165, 1.54) is 0 Å². The summed E-state index contributed by atoms with van der Waals surface area (Å²) < 4.78 is 16.1. The fourth-order valence-corrected chi connectivity index (χ4v) is 1.92. The molecule has 0 aromatic heterocycles. The molecule has 0 saturated carbocycles. The van der Waals surface area contributed by atoms with Crippen LogP contribution in [-0.2, 0) is 14.2 Å². The lowest BCUT2D eigenvalue weighted by atomic mass is 10.1. The lowest BCUT2D eigenvalue weighted by Gasteiger charge is -2.22. The highest BCUT2D eigenvalue weighted by Gasteiger charge is 2.49. The highest BCUT2D eigenvalue weighted by molar-refractivity contribution is 4.94. The summed E-state index contributed by atoms with van der Waals surface area (Å²) in [5.41, 5.74) is 5.47. The van der Waals surface area contributed by atoms with Crippen LogP contribution >= 0.6 is 0 Å². The molecule has 2 saturated heterocycles. The van der Waals surface area contributed by atoms with E-state index in [2.05, 4.69) is 0 Å². The second-order valence-corrected chi connectivity index (χ2v) is 4.41. The zero-order valence-corrected chi connectivity index (χ0v) is 8.79. The Morgan fingerprint density at radius 3 is 2.33 bits per heavy atom. The fraction of sp³-hybridized carbons (Fsp3) is 1.00. The average molecular weight is 219 g/mol. The van der Waals surface area contributed by atoms with Crippen LogP contribution in [0.1, 0.15) is 13.8 Å². The molecule has 88 valence electrons. The third kappa shape index (κ3) is 2.01. The first-order valence-electron chi connectivity index (χ1n) is 5.00. The molecule has 6 heteroatoms. The van der Waals surface area contributed by atoms with Gasteiger partial charge >= 0.3 is 0 Å². The topological polar surface area (TPSA) is 94.2 Å². The lowest BCUT2D eigenvalue weighted by molar-refractivity contribution is -0.161. The molecule has 0 aromatic carbocycles. The largest absolute Gasteiger partial charge is 0.387 e. The number of aliphatic hydroxyl groups is 2. The van der Waals surface area contributed by atoms with Crippen molar-refractivity contribution in [2.24, 2.45) is 5.73 Å². The maximum Gasteiger partial charge on any atom is 0.163 e. The highest BCUT2D eigenvalue weighted by Crippen LogP contribution is 2.30. The first-order chi connectivity index (χ1) is 6.91. The SMILES string of the molecule is CC1(C)OCC(C2OC(N)C(O)C2O)O1. The van der Waals surface area contributed by atoms with Crippen molar-refractivity contribution in [3.05, 3.63) is 0 Å². The molecule has 0 bridgehead atoms. The molecule has 0 amide bonds. The van der Waals surface area contributed by atoms with Gasteiger partial charge in [-0.15, -0.1) is 0 Å². The van der Waals surface area contributed by atoms with Gasteiger partial charge in [0.25, 0.3) is 0 Å². The summed E-state index contributed by atoms with van der Waals surface area (Å²) in [4.78, 5) is 0. The minimum absolute atomic E-state index is 0.328. The molecule has 4 N–H and O–H groups in total. The van der Waals surface area contributed by atoms with E-state index < -0.39 is 36.4 Å². The Balaban J connectivity index is 2.01. The summed E-state index contributed by atoms with van der Waals surface area (Å²) in [5, 5.41) is 19.1. The number of hydrogen-bond acceptors (Lipinski definition) is 6. The van der Waals surface area contributed by atoms with Crippen molar-refractivity contribution in [3.63, 3.8) is 0 Å². The maximum absolute atomic E-state index is 9.67. The predicted octanol–water partition coefficient (Wildman–Crippen LogP) is -1.46. The van der Waals surface area contributed by atoms with Crippen LogP contribution in [-0.4, -0.2) is 53.3 Å². The average Bonchev–Trinajstić information content (AvgIpc) is 2.62. The van der Waals surface area contributed by atoms with E-state index in [1.54, 1.807) is 13.8 Å². The molecule has 6 nitrogen and oxygen atoms in total. The summed E-state index contributed by atoms with van der Waals surface area (Å²) >= 11 is 0. The predicted molar refractivity (Wildman–Crippen MR) is 49.8 cm³/mol. The van der Waals surface area contributed by atoms with Crippen LogP contribution < -0.4 is 5.73 Å². The van der Waals surface area contributed by atoms with Crippen LogP contribution in [0.3, 0.4) is 0 Å². The molecule has 0 aliphatic carbocycles. The molecular weight excluding hydrogens is 202 g/mol. The molecule has 2 heterocycles. The van der Waals surface area contributed by atoms with Crippen molar-refractivity contribution in [2.45, 2.75) is 50.3 Å². The minimum Gasteiger partial charge on any atom is -0.387 e. The molecule has 2 fully saturated rings. The fourth-order valence-electron chi connectivity index (χ4n) is 1.92. The molecular formula is C9H17NO5. The van der Waals surface area contributed by atoms with Gasteiger partial charge in [-0.05, 0) is 13.8 Å². The molecule has 5 unspecified atom stereocenters. The quantitative estimate of drug-likeness (QED) is 0.499. The monoisotopic (exact) mass is 219 g/mol. The van der Waals surface area contributed by atoms with E-state index in [-0.39, 0.29) is 0 Å². The summed E-state index contributed by atoms with van der Waals surface area (Å²) in [6.45, 7) is 3.89. The molecule has 0 spiro atoms. The smallest absolute Gasteiger partial charge is 0.163 e. The first kappa shape index (κ1) is 11.3. The van der Waals surface area contributed by atoms with Crippen molar-refractivity contribution in [1.82, 2.24) is 0 Å². The third-order valence-corrected chi connectivity index (χ3v) is 2.73. The third-order valence-electron chi connectivity index (χ3n) is 2.73. The number of ether oxygens (including phenoxy) is 3. The highest BCUT2D eigenvalue weighted by atomic mass is 16.8. The van der Waals surface area contributed by atoms with Crippen molar-refractivity contribution in [1.29, 1.82) is 0 Å². The minimum atomic E-state index is -1.07. The van der Waals surface area contributed by atoms with E-state index in [0.29, 0.717) is 6.61 Å². The van der Waals surface area contributed by atoms with Gasteiger partial charge in [-0.25, -0.2) is 0 Å². The number of aliphatic hydroxyl groups excluding tert-OH is 2. The van der Waals surface area contributed by atoms with E-state index in [4.69, 9.17) is 19.9 Å². The second kappa shape index (κ2) is 3.65. The van der Waals surface area contributed by atoms with Crippen LogP contribution in [0.4, 0.5) is 0 Å². The van der Waals surface area contributed by atoms with Crippen LogP contribution in [0.5, 0.6) is 0 Å². The van der Waals surface area contributed by atoms with Gasteiger partial charge in [0.2, 0.25) is 0 Å². The van der Waals surface area contributed by atoms with Gasteiger partial charge < -0.3 is 30.2 Å². The Morgan fingerprint density at radius 2 is 1.93 bits per heavy atom. The van der Waals surface area contributed by atoms with E-state index in [1.807, 2.05) is 0 Å². The lowest BCUT2D eigenvalue weighted by Crippen LogP contribution is -2.41. The first-order valence-corrected chi connectivity index (χ1v) is 5.00. The Kier molecular flexibility index (Phi) is 2.74. The van der Waals surface area contributed by atoms with Gasteiger partial charge in [0.05, 0.1) is 6.61 Å². The zero-order valence-electron chi connectivity index (χ0n) is 8.79. The Hall–Kier alpha value is -0.240. The van der Waals surface area contributed by atoms with Gasteiger partial charge in [0, 0.05) is 0 Å². The van der Waals surface area contributed by atoms with E-state index >= 15 is 0 Å². The Morgan fingerprint density at radius 1 is 1.27 bits per heavy atom. The molecule has 0 radical (unpaired) electrons. The molecule has 5 atom stereocenters. The van der Waals surface area contributed by atoms with Gasteiger partial charge in [-0.2, -0.15) is 0 Å². The van der Waals surface area contributed by atoms with Crippen molar-refractivity contribution in [2.75, 3.05) is 6.61 Å². The number of rotatable bonds is 1. The normalized spacial score (nSPS) is 49.8. The van der Waals surface area contributed by atoms with Crippen LogP contribution in [0.15, 0.2) is 0 Å². The number of nitrogens with two attached hydrogens (primary N) is 1. The van der Waals surface area contributed by atoms with Crippen molar-refractivity contribution in [3.8, 4) is 0 Å². The van der Waals surface area contributed by atoms with Gasteiger partial charge in [-0.1, -0.05) is 0 Å². The number of hydrogen-bond donors (Lipinski definition) is 3. The zero-order chi connectivity index (χ0) is 11.2. The maximum atomic E-state index is 9.67. The van der Waals surface area contributed by atoms with Crippen molar-refractivity contribution < 1.29 is 24.4 Å². The summed E-state index contributed by atoms with van der Waals surface area (Å²) in [6, 6.07) is 0. The van der Waals surface area contributed by atoms with Crippen molar-refractivity contribution >= 4 is 0 Å². The molecule has 2 aliphatic heterocycles. The molecule has 15 heavy (non-hydrogen) atoms. The van der Waals surface area contributed by atoms with Gasteiger partial charge in [0.15, 0.2) is 5.79 Å². The molecule has 2 rings (SSSR count). The summed E-state index contributed by atoms with van der Waals surface area (Å²) in [6.07, 6.45) is -3.97. The van der Waals surface area contributed by atoms with Crippen LogP contribution in [0.25, 0.3) is 0 Å². The van der Waals surface area contributed by atoms with E-state index in [0.717, 1.165) is 0 Å². The van der Waals surface area contributed by atoms with E-state index in [9.17, 15) is 10.2 Å². The van der Waals surface area contributed by atoms with Gasteiger partial charge in [-0.3, -0.25) is 0 Å². The van der Waals surface area contributed by atoms with Gasteiger partial charge in [0.1, 0.15) is 30.6 Å². The van der Waals surface area contributed by atoms with Crippen LogP contribution in [0.2, 0.25) is 0 Å².